The van der Waals surface area contributed by atoms with Crippen molar-refractivity contribution < 1.29 is 18.5 Å². The summed E-state index contributed by atoms with van der Waals surface area (Å²) in [4.78, 5) is 7.71. The number of nitriles is 1. The summed E-state index contributed by atoms with van der Waals surface area (Å²) in [6, 6.07) is 1.77. The number of aryl methyl sites for hydroxylation is 1. The molecule has 0 radical (unpaired) electrons. The summed E-state index contributed by atoms with van der Waals surface area (Å²) in [6.07, 6.45) is -3.97. The van der Waals surface area contributed by atoms with Crippen LogP contribution in [0.1, 0.15) is 38.1 Å². The van der Waals surface area contributed by atoms with Crippen LogP contribution in [0.3, 0.4) is 0 Å². The molecule has 3 heterocycles. The molecule has 0 saturated carbocycles. The lowest BCUT2D eigenvalue weighted by Gasteiger charge is -2.16. The summed E-state index contributed by atoms with van der Waals surface area (Å²) in [5, 5.41) is 33.2. The van der Waals surface area contributed by atoms with Gasteiger partial charge in [-0.2, -0.15) is 32.4 Å². The van der Waals surface area contributed by atoms with Crippen LogP contribution in [0.15, 0.2) is 21.6 Å². The van der Waals surface area contributed by atoms with Gasteiger partial charge in [0.2, 0.25) is 5.65 Å². The summed E-state index contributed by atoms with van der Waals surface area (Å²) < 4.78 is 43.0. The second-order valence-electron chi connectivity index (χ2n) is 7.33. The van der Waals surface area contributed by atoms with Gasteiger partial charge in [-0.3, -0.25) is 5.10 Å². The zero-order chi connectivity index (χ0) is 23.0. The highest BCUT2D eigenvalue weighted by atomic mass is 32.1. The molecule has 31 heavy (non-hydrogen) atoms. The largest absolute Gasteiger partial charge is 0.452 e. The molecular formula is C16H17F3N11S+. The van der Waals surface area contributed by atoms with E-state index in [0.717, 1.165) is 11.5 Å². The number of H-pyrrole nitrogens is 1. The molecule has 3 aromatic heterocycles. The first-order chi connectivity index (χ1) is 14.4. The predicted octanol–water partition coefficient (Wildman–Crippen LogP) is 2.90. The van der Waals surface area contributed by atoms with Gasteiger partial charge in [0.25, 0.3) is 11.6 Å². The van der Waals surface area contributed by atoms with E-state index in [0.29, 0.717) is 34.4 Å². The Labute approximate surface area is 177 Å². The maximum atomic E-state index is 12.8. The molecule has 4 N–H and O–H groups in total. The van der Waals surface area contributed by atoms with Crippen LogP contribution in [-0.4, -0.2) is 35.4 Å². The van der Waals surface area contributed by atoms with Crippen LogP contribution in [0, 0.1) is 23.7 Å². The van der Waals surface area contributed by atoms with Crippen molar-refractivity contribution in [1.82, 2.24) is 29.2 Å². The average molecular weight is 452 g/mol. The normalized spacial score (nSPS) is 13.6. The van der Waals surface area contributed by atoms with E-state index < -0.39 is 17.4 Å². The summed E-state index contributed by atoms with van der Waals surface area (Å²) in [5.41, 5.74) is 0.811. The van der Waals surface area contributed by atoms with Crippen molar-refractivity contribution in [1.29, 1.82) is 10.7 Å². The number of quaternary nitrogens is 1. The van der Waals surface area contributed by atoms with Crippen molar-refractivity contribution in [2.45, 2.75) is 39.3 Å². The van der Waals surface area contributed by atoms with Crippen molar-refractivity contribution in [3.05, 3.63) is 28.7 Å². The number of rotatable bonds is 5. The highest BCUT2D eigenvalue weighted by Crippen LogP contribution is 2.34. The number of azo groups is 1. The van der Waals surface area contributed by atoms with E-state index in [-0.39, 0.29) is 16.5 Å². The zero-order valence-corrected chi connectivity index (χ0v) is 17.6. The zero-order valence-electron chi connectivity index (χ0n) is 16.8. The van der Waals surface area contributed by atoms with E-state index in [1.807, 2.05) is 20.8 Å². The van der Waals surface area contributed by atoms with Crippen LogP contribution in [0.4, 0.5) is 24.0 Å². The van der Waals surface area contributed by atoms with Crippen LogP contribution < -0.4 is 5.32 Å². The van der Waals surface area contributed by atoms with Crippen LogP contribution in [0.5, 0.6) is 0 Å². The first kappa shape index (κ1) is 22.2. The Bertz CT molecular complexity index is 1230. The predicted molar refractivity (Wildman–Crippen MR) is 103 cm³/mol. The molecule has 0 unspecified atom stereocenters. The number of hydrogen-bond donors (Lipinski definition) is 3. The summed E-state index contributed by atoms with van der Waals surface area (Å²) in [5.74, 6) is -0.941. The van der Waals surface area contributed by atoms with E-state index in [4.69, 9.17) is 5.41 Å². The number of halogens is 3. The number of nitrogens with zero attached hydrogens (tertiary/aromatic N) is 8. The highest BCUT2D eigenvalue weighted by Gasteiger charge is 2.37. The number of alkyl halides is 3. The van der Waals surface area contributed by atoms with E-state index in [2.05, 4.69) is 34.8 Å². The third kappa shape index (κ3) is 4.64. The Balaban J connectivity index is 2.06. The molecule has 0 aliphatic rings. The number of fused-ring (bicyclic) bond motifs is 1. The highest BCUT2D eigenvalue weighted by molar-refractivity contribution is 7.08. The Morgan fingerprint density at radius 2 is 2.03 bits per heavy atom. The smallest absolute Gasteiger partial charge is 0.307 e. The number of allylic oxidation sites excluding steroid dienone is 1. The molecule has 0 atom stereocenters. The van der Waals surface area contributed by atoms with E-state index in [9.17, 15) is 18.4 Å². The Morgan fingerprint density at radius 3 is 2.58 bits per heavy atom. The quantitative estimate of drug-likeness (QED) is 0.308. The van der Waals surface area contributed by atoms with Crippen molar-refractivity contribution in [3.63, 3.8) is 0 Å². The molecular weight excluding hydrogens is 435 g/mol. The standard InChI is InChI=1S/C16H16F3N11S/c1-7-22-12-9(10(15(2,3)4)28-30(12)27-7)25-26-11(8(5-20)6-21)23-14-24-13(29-31-14)16(17,18)19/h5,20,28H,1-4H3,(H,23,24,29)/p+1. The summed E-state index contributed by atoms with van der Waals surface area (Å²) >= 11 is 0.490. The van der Waals surface area contributed by atoms with Gasteiger partial charge in [-0.05, 0) is 6.92 Å². The van der Waals surface area contributed by atoms with Gasteiger partial charge >= 0.3 is 11.3 Å². The number of aromatic amines is 1. The van der Waals surface area contributed by atoms with Crippen molar-refractivity contribution in [2.75, 3.05) is 0 Å². The number of nitrogens with two attached hydrogens (primary N) is 1. The molecule has 0 aliphatic heterocycles. The fraction of sp³-hybridized carbons (Fsp3) is 0.375. The van der Waals surface area contributed by atoms with Gasteiger partial charge in [-0.1, -0.05) is 25.9 Å². The van der Waals surface area contributed by atoms with Gasteiger partial charge < -0.3 is 5.41 Å². The van der Waals surface area contributed by atoms with E-state index in [1.54, 1.807) is 13.0 Å². The molecule has 0 bridgehead atoms. The third-order valence-corrected chi connectivity index (χ3v) is 4.54. The first-order valence-electron chi connectivity index (χ1n) is 8.72. The SMILES string of the molecule is Cc1nc2c(N=NC([NH2+]c3nc(C(F)(F)F)ns3)=C(C#N)C=N)c(C(C)(C)C)[nH]n2n1. The van der Waals surface area contributed by atoms with Crippen LogP contribution in [0.2, 0.25) is 0 Å². The summed E-state index contributed by atoms with van der Waals surface area (Å²) in [7, 11) is 0. The maximum absolute atomic E-state index is 12.8. The monoisotopic (exact) mass is 452 g/mol. The second kappa shape index (κ2) is 7.96. The molecule has 3 rings (SSSR count). The molecule has 0 aromatic carbocycles. The maximum Gasteiger partial charge on any atom is 0.452 e. The molecule has 0 saturated heterocycles. The second-order valence-corrected chi connectivity index (χ2v) is 8.12. The molecule has 3 aromatic rings. The topological polar surface area (TPSA) is 161 Å². The molecule has 0 aliphatic carbocycles. The first-order valence-corrected chi connectivity index (χ1v) is 9.49. The van der Waals surface area contributed by atoms with Crippen molar-refractivity contribution >= 4 is 34.2 Å². The summed E-state index contributed by atoms with van der Waals surface area (Å²) in [6.45, 7) is 7.51. The Morgan fingerprint density at radius 1 is 1.32 bits per heavy atom. The average Bonchev–Trinajstić information content (AvgIpc) is 3.34. The molecule has 0 fully saturated rings. The van der Waals surface area contributed by atoms with Crippen LogP contribution in [-0.2, 0) is 11.6 Å². The minimum atomic E-state index is -4.70. The lowest BCUT2D eigenvalue weighted by atomic mass is 9.91. The molecule has 0 amide bonds. The number of hydrogen-bond acceptors (Lipinski definition) is 9. The number of nitrogens with one attached hydrogen (secondary N) is 2. The number of aromatic nitrogens is 6. The Kier molecular flexibility index (Phi) is 5.70. The van der Waals surface area contributed by atoms with Crippen LogP contribution in [0.25, 0.3) is 5.65 Å². The van der Waals surface area contributed by atoms with Crippen LogP contribution >= 0.6 is 11.5 Å². The van der Waals surface area contributed by atoms with Crippen molar-refractivity contribution in [2.24, 2.45) is 10.2 Å². The fourth-order valence-electron chi connectivity index (χ4n) is 2.49. The van der Waals surface area contributed by atoms with Gasteiger partial charge in [0, 0.05) is 23.2 Å². The third-order valence-electron chi connectivity index (χ3n) is 3.88. The van der Waals surface area contributed by atoms with E-state index in [1.165, 1.54) is 4.63 Å². The lowest BCUT2D eigenvalue weighted by Crippen LogP contribution is -2.75. The lowest BCUT2D eigenvalue weighted by molar-refractivity contribution is -0.519. The van der Waals surface area contributed by atoms with Gasteiger partial charge in [-0.25, -0.2) is 10.3 Å². The Hall–Kier alpha value is -3.51. The molecule has 0 spiro atoms. The van der Waals surface area contributed by atoms with E-state index >= 15 is 0 Å². The fourth-order valence-corrected chi connectivity index (χ4v) is 3.10. The van der Waals surface area contributed by atoms with Gasteiger partial charge in [0.15, 0.2) is 11.3 Å². The molecule has 11 nitrogen and oxygen atoms in total. The minimum Gasteiger partial charge on any atom is -0.307 e. The van der Waals surface area contributed by atoms with Gasteiger partial charge in [0.05, 0.1) is 5.69 Å². The molecule has 15 heteroatoms. The van der Waals surface area contributed by atoms with Gasteiger partial charge in [0.1, 0.15) is 11.9 Å². The van der Waals surface area contributed by atoms with Crippen molar-refractivity contribution in [3.8, 4) is 6.07 Å². The molecule has 162 valence electrons. The van der Waals surface area contributed by atoms with Gasteiger partial charge in [-0.15, -0.1) is 10.2 Å². The minimum absolute atomic E-state index is 0.135.